The molecule has 1 N–H and O–H groups in total. The normalized spacial score (nSPS) is 13.4. The standard InChI is InChI=1S/C31H34N6O3S/c1-36(2)30-26(21-32)28(22-7-4-9-24(19-22)38-3)29(41-30)27-11-12-33-31(35-27)34-23-8-5-10-25(20-23)40-16-6-13-37-14-17-39-18-15-37/h4-5,7-12,19-20H,6,13-18H2,1-3H3,(H,33,34,35). The molecule has 5 rings (SSSR count). The van der Waals surface area contributed by atoms with Gasteiger partial charge in [-0.15, -0.1) is 11.3 Å². The molecule has 41 heavy (non-hydrogen) atoms. The third-order valence-corrected chi connectivity index (χ3v) is 8.12. The number of aromatic nitrogens is 2. The van der Waals surface area contributed by atoms with Gasteiger partial charge >= 0.3 is 0 Å². The quantitative estimate of drug-likeness (QED) is 0.229. The SMILES string of the molecule is COc1cccc(-c2c(-c3ccnc(Nc4cccc(OCCCN5CCOCC5)c4)n3)sc(N(C)C)c2C#N)c1. The number of methoxy groups -OCH3 is 1. The minimum absolute atomic E-state index is 0.460. The monoisotopic (exact) mass is 570 g/mol. The van der Waals surface area contributed by atoms with Crippen LogP contribution >= 0.6 is 11.3 Å². The maximum absolute atomic E-state index is 10.1. The van der Waals surface area contributed by atoms with Crippen molar-refractivity contribution in [2.24, 2.45) is 0 Å². The molecule has 1 saturated heterocycles. The number of benzene rings is 2. The highest BCUT2D eigenvalue weighted by atomic mass is 32.1. The summed E-state index contributed by atoms with van der Waals surface area (Å²) in [4.78, 5) is 14.6. The number of hydrogen-bond donors (Lipinski definition) is 1. The van der Waals surface area contributed by atoms with Crippen molar-refractivity contribution in [3.63, 3.8) is 0 Å². The fourth-order valence-electron chi connectivity index (χ4n) is 4.71. The van der Waals surface area contributed by atoms with Crippen molar-refractivity contribution in [1.29, 1.82) is 5.26 Å². The zero-order chi connectivity index (χ0) is 28.6. The lowest BCUT2D eigenvalue weighted by atomic mass is 10.00. The van der Waals surface area contributed by atoms with Gasteiger partial charge in [0.15, 0.2) is 0 Å². The number of nitrogens with zero attached hydrogens (tertiary/aromatic N) is 5. The molecule has 0 radical (unpaired) electrons. The lowest BCUT2D eigenvalue weighted by Crippen LogP contribution is -2.37. The average Bonchev–Trinajstić information content (AvgIpc) is 3.41. The van der Waals surface area contributed by atoms with Crippen LogP contribution in [0.4, 0.5) is 16.6 Å². The fourth-order valence-corrected chi connectivity index (χ4v) is 5.88. The summed E-state index contributed by atoms with van der Waals surface area (Å²) in [5.41, 5.74) is 3.89. The van der Waals surface area contributed by atoms with E-state index in [1.165, 1.54) is 11.3 Å². The second kappa shape index (κ2) is 13.5. The van der Waals surface area contributed by atoms with Crippen LogP contribution < -0.4 is 19.7 Å². The van der Waals surface area contributed by atoms with Gasteiger partial charge in [-0.25, -0.2) is 9.97 Å². The topological polar surface area (TPSA) is 95.8 Å². The summed E-state index contributed by atoms with van der Waals surface area (Å²) in [5.74, 6) is 1.98. The van der Waals surface area contributed by atoms with Crippen LogP contribution in [-0.2, 0) is 4.74 Å². The van der Waals surface area contributed by atoms with Gasteiger partial charge in [-0.3, -0.25) is 4.90 Å². The largest absolute Gasteiger partial charge is 0.497 e. The summed E-state index contributed by atoms with van der Waals surface area (Å²) in [5, 5.41) is 14.3. The van der Waals surface area contributed by atoms with E-state index < -0.39 is 0 Å². The predicted molar refractivity (Wildman–Crippen MR) is 163 cm³/mol. The van der Waals surface area contributed by atoms with Crippen LogP contribution in [0.1, 0.15) is 12.0 Å². The molecule has 0 atom stereocenters. The average molecular weight is 571 g/mol. The molecule has 3 heterocycles. The van der Waals surface area contributed by atoms with E-state index in [1.54, 1.807) is 13.3 Å². The molecule has 0 unspecified atom stereocenters. The van der Waals surface area contributed by atoms with Crippen molar-refractivity contribution in [1.82, 2.24) is 14.9 Å². The molecule has 1 fully saturated rings. The predicted octanol–water partition coefficient (Wildman–Crippen LogP) is 5.66. The van der Waals surface area contributed by atoms with Gasteiger partial charge in [0.2, 0.25) is 5.95 Å². The first kappa shape index (κ1) is 28.4. The summed E-state index contributed by atoms with van der Waals surface area (Å²) >= 11 is 1.53. The van der Waals surface area contributed by atoms with Crippen molar-refractivity contribution >= 4 is 28.0 Å². The lowest BCUT2D eigenvalue weighted by molar-refractivity contribution is 0.0358. The Morgan fingerprint density at radius 2 is 1.90 bits per heavy atom. The molecular formula is C31H34N6O3S. The van der Waals surface area contributed by atoms with Crippen LogP contribution in [-0.4, -0.2) is 75.5 Å². The van der Waals surface area contributed by atoms with Gasteiger partial charge in [0.1, 0.15) is 22.6 Å². The van der Waals surface area contributed by atoms with Crippen molar-refractivity contribution in [2.75, 3.05) is 70.9 Å². The number of rotatable bonds is 11. The molecule has 0 spiro atoms. The Bertz CT molecular complexity index is 1510. The van der Waals surface area contributed by atoms with E-state index >= 15 is 0 Å². The number of nitrogens with one attached hydrogen (secondary N) is 1. The maximum atomic E-state index is 10.1. The zero-order valence-corrected chi connectivity index (χ0v) is 24.4. The molecule has 1 aliphatic rings. The highest BCUT2D eigenvalue weighted by Crippen LogP contribution is 2.46. The summed E-state index contributed by atoms with van der Waals surface area (Å²) in [6.45, 7) is 5.24. The van der Waals surface area contributed by atoms with Crippen molar-refractivity contribution < 1.29 is 14.2 Å². The first-order valence-corrected chi connectivity index (χ1v) is 14.4. The molecule has 9 nitrogen and oxygen atoms in total. The Morgan fingerprint density at radius 1 is 1.10 bits per heavy atom. The third-order valence-electron chi connectivity index (χ3n) is 6.74. The summed E-state index contributed by atoms with van der Waals surface area (Å²) < 4.78 is 16.9. The molecule has 1 aliphatic heterocycles. The summed E-state index contributed by atoms with van der Waals surface area (Å²) in [7, 11) is 5.52. The van der Waals surface area contributed by atoms with Crippen LogP contribution in [0.2, 0.25) is 0 Å². The number of ether oxygens (including phenoxy) is 3. The fraction of sp³-hybridized carbons (Fsp3) is 0.323. The maximum Gasteiger partial charge on any atom is 0.227 e. The van der Waals surface area contributed by atoms with Crippen molar-refractivity contribution in [3.8, 4) is 39.3 Å². The Kier molecular flexibility index (Phi) is 9.31. The van der Waals surface area contributed by atoms with Crippen LogP contribution in [0.3, 0.4) is 0 Å². The number of nitriles is 1. The van der Waals surface area contributed by atoms with Crippen LogP contribution in [0.15, 0.2) is 60.8 Å². The highest BCUT2D eigenvalue weighted by Gasteiger charge is 2.23. The number of thiophene rings is 1. The molecule has 212 valence electrons. The van der Waals surface area contributed by atoms with E-state index in [-0.39, 0.29) is 0 Å². The Morgan fingerprint density at radius 3 is 2.68 bits per heavy atom. The molecule has 10 heteroatoms. The second-order valence-electron chi connectivity index (χ2n) is 9.80. The Hall–Kier alpha value is -4.17. The molecule has 0 aliphatic carbocycles. The van der Waals surface area contributed by atoms with E-state index in [1.807, 2.05) is 73.6 Å². The van der Waals surface area contributed by atoms with E-state index in [0.717, 1.165) is 83.2 Å². The first-order chi connectivity index (χ1) is 20.1. The minimum atomic E-state index is 0.460. The molecule has 0 saturated carbocycles. The van der Waals surface area contributed by atoms with Gasteiger partial charge in [-0.2, -0.15) is 5.26 Å². The lowest BCUT2D eigenvalue weighted by Gasteiger charge is -2.26. The van der Waals surface area contributed by atoms with Gasteiger partial charge in [0.05, 0.1) is 43.1 Å². The smallest absolute Gasteiger partial charge is 0.227 e. The number of hydrogen-bond acceptors (Lipinski definition) is 10. The number of morpholine rings is 1. The highest BCUT2D eigenvalue weighted by molar-refractivity contribution is 7.20. The summed E-state index contributed by atoms with van der Waals surface area (Å²) in [6, 6.07) is 19.9. The van der Waals surface area contributed by atoms with Crippen LogP contribution in [0.5, 0.6) is 11.5 Å². The van der Waals surface area contributed by atoms with Gasteiger partial charge in [0.25, 0.3) is 0 Å². The third kappa shape index (κ3) is 6.95. The van der Waals surface area contributed by atoms with E-state index in [0.29, 0.717) is 18.1 Å². The summed E-state index contributed by atoms with van der Waals surface area (Å²) in [6.07, 6.45) is 2.69. The van der Waals surface area contributed by atoms with E-state index in [9.17, 15) is 5.26 Å². The van der Waals surface area contributed by atoms with Gasteiger partial charge in [-0.05, 0) is 42.3 Å². The number of anilines is 3. The van der Waals surface area contributed by atoms with Crippen LogP contribution in [0.25, 0.3) is 21.7 Å². The van der Waals surface area contributed by atoms with Gasteiger partial charge in [0, 0.05) is 57.2 Å². The molecule has 0 bridgehead atoms. The zero-order valence-electron chi connectivity index (χ0n) is 23.6. The molecular weight excluding hydrogens is 536 g/mol. The first-order valence-electron chi connectivity index (χ1n) is 13.6. The van der Waals surface area contributed by atoms with E-state index in [2.05, 4.69) is 21.3 Å². The van der Waals surface area contributed by atoms with E-state index in [4.69, 9.17) is 19.2 Å². The molecule has 0 amide bonds. The minimum Gasteiger partial charge on any atom is -0.497 e. The van der Waals surface area contributed by atoms with Gasteiger partial charge < -0.3 is 24.4 Å². The van der Waals surface area contributed by atoms with Crippen LogP contribution in [0, 0.1) is 11.3 Å². The molecule has 2 aromatic carbocycles. The Labute approximate surface area is 244 Å². The molecule has 2 aromatic heterocycles. The van der Waals surface area contributed by atoms with Crippen molar-refractivity contribution in [2.45, 2.75) is 6.42 Å². The second-order valence-corrected chi connectivity index (χ2v) is 10.8. The molecule has 4 aromatic rings. The van der Waals surface area contributed by atoms with Gasteiger partial charge in [-0.1, -0.05) is 18.2 Å². The van der Waals surface area contributed by atoms with Crippen molar-refractivity contribution in [3.05, 3.63) is 66.4 Å². The Balaban J connectivity index is 1.35.